The summed E-state index contributed by atoms with van der Waals surface area (Å²) in [5.41, 5.74) is 1.44. The van der Waals surface area contributed by atoms with Crippen molar-refractivity contribution >= 4 is 5.91 Å². The van der Waals surface area contributed by atoms with E-state index in [-0.39, 0.29) is 5.91 Å². The summed E-state index contributed by atoms with van der Waals surface area (Å²) in [6, 6.07) is 3.48. The van der Waals surface area contributed by atoms with E-state index >= 15 is 0 Å². The Bertz CT molecular complexity index is 441. The van der Waals surface area contributed by atoms with Gasteiger partial charge in [-0.25, -0.2) is 0 Å². The molecule has 0 saturated carbocycles. The van der Waals surface area contributed by atoms with Crippen molar-refractivity contribution < 1.29 is 14.3 Å². The van der Waals surface area contributed by atoms with Gasteiger partial charge in [-0.2, -0.15) is 0 Å². The van der Waals surface area contributed by atoms with E-state index in [0.717, 1.165) is 5.56 Å². The standard InChI is InChI=1S/C14H19NO3/c1-5-7-10-8-11(14(16)15-6-2)9-12(17-3)13(10)18-4/h5,8-9H,1,6-7H2,2-4H3,(H,15,16). The fourth-order valence-electron chi connectivity index (χ4n) is 1.74. The summed E-state index contributed by atoms with van der Waals surface area (Å²) in [6.45, 7) is 6.17. The Balaban J connectivity index is 3.26. The summed E-state index contributed by atoms with van der Waals surface area (Å²) in [6.07, 6.45) is 2.38. The van der Waals surface area contributed by atoms with Crippen molar-refractivity contribution in [3.8, 4) is 11.5 Å². The fraction of sp³-hybridized carbons (Fsp3) is 0.357. The van der Waals surface area contributed by atoms with Crippen molar-refractivity contribution in [3.05, 3.63) is 35.9 Å². The lowest BCUT2D eigenvalue weighted by Gasteiger charge is -2.14. The van der Waals surface area contributed by atoms with E-state index in [4.69, 9.17) is 9.47 Å². The number of methoxy groups -OCH3 is 2. The maximum Gasteiger partial charge on any atom is 0.251 e. The van der Waals surface area contributed by atoms with Gasteiger partial charge in [-0.05, 0) is 25.5 Å². The van der Waals surface area contributed by atoms with Crippen LogP contribution in [0.5, 0.6) is 11.5 Å². The zero-order valence-electron chi connectivity index (χ0n) is 11.1. The van der Waals surface area contributed by atoms with Crippen LogP contribution in [0.2, 0.25) is 0 Å². The molecule has 0 aromatic heterocycles. The van der Waals surface area contributed by atoms with Crippen LogP contribution in [0.3, 0.4) is 0 Å². The van der Waals surface area contributed by atoms with Crippen molar-refractivity contribution in [1.29, 1.82) is 0 Å². The molecule has 0 heterocycles. The second-order valence-electron chi connectivity index (χ2n) is 3.72. The molecule has 1 aromatic carbocycles. The molecule has 0 atom stereocenters. The van der Waals surface area contributed by atoms with Crippen LogP contribution in [0.25, 0.3) is 0 Å². The predicted octanol–water partition coefficient (Wildman–Crippen LogP) is 2.18. The number of hydrogen-bond acceptors (Lipinski definition) is 3. The van der Waals surface area contributed by atoms with E-state index in [1.165, 1.54) is 0 Å². The minimum atomic E-state index is -0.122. The molecule has 0 aliphatic rings. The van der Waals surface area contributed by atoms with Crippen LogP contribution in [-0.4, -0.2) is 26.7 Å². The third-order valence-electron chi connectivity index (χ3n) is 2.52. The maximum atomic E-state index is 11.8. The summed E-state index contributed by atoms with van der Waals surface area (Å²) in [5, 5.41) is 2.76. The van der Waals surface area contributed by atoms with Gasteiger partial charge in [0.05, 0.1) is 14.2 Å². The molecule has 4 nitrogen and oxygen atoms in total. The van der Waals surface area contributed by atoms with Crippen molar-refractivity contribution in [1.82, 2.24) is 5.32 Å². The molecule has 0 saturated heterocycles. The first-order chi connectivity index (χ1) is 8.67. The van der Waals surface area contributed by atoms with Gasteiger partial charge in [-0.1, -0.05) is 6.08 Å². The molecular weight excluding hydrogens is 230 g/mol. The van der Waals surface area contributed by atoms with Crippen LogP contribution in [0.1, 0.15) is 22.8 Å². The summed E-state index contributed by atoms with van der Waals surface area (Å²) >= 11 is 0. The number of ether oxygens (including phenoxy) is 2. The number of carbonyl (C=O) groups is 1. The van der Waals surface area contributed by atoms with Gasteiger partial charge in [-0.15, -0.1) is 6.58 Å². The van der Waals surface area contributed by atoms with E-state index in [0.29, 0.717) is 30.0 Å². The number of amides is 1. The Morgan fingerprint density at radius 1 is 1.39 bits per heavy atom. The molecule has 0 unspecified atom stereocenters. The Labute approximate surface area is 108 Å². The number of rotatable bonds is 6. The monoisotopic (exact) mass is 249 g/mol. The molecule has 0 radical (unpaired) electrons. The van der Waals surface area contributed by atoms with E-state index in [9.17, 15) is 4.79 Å². The highest BCUT2D eigenvalue weighted by Gasteiger charge is 2.14. The predicted molar refractivity (Wildman–Crippen MR) is 71.5 cm³/mol. The average Bonchev–Trinajstić information content (AvgIpc) is 2.38. The zero-order valence-corrected chi connectivity index (χ0v) is 11.1. The molecule has 1 N–H and O–H groups in total. The first-order valence-corrected chi connectivity index (χ1v) is 5.81. The quantitative estimate of drug-likeness (QED) is 0.786. The van der Waals surface area contributed by atoms with Crippen LogP contribution in [0, 0.1) is 0 Å². The zero-order chi connectivity index (χ0) is 13.5. The van der Waals surface area contributed by atoms with Gasteiger partial charge in [0.15, 0.2) is 11.5 Å². The van der Waals surface area contributed by atoms with Crippen LogP contribution in [0.15, 0.2) is 24.8 Å². The van der Waals surface area contributed by atoms with Crippen molar-refractivity contribution in [2.24, 2.45) is 0 Å². The molecule has 1 aromatic rings. The lowest BCUT2D eigenvalue weighted by atomic mass is 10.0. The number of nitrogens with one attached hydrogen (secondary N) is 1. The van der Waals surface area contributed by atoms with Crippen LogP contribution >= 0.6 is 0 Å². The van der Waals surface area contributed by atoms with Crippen LogP contribution in [-0.2, 0) is 6.42 Å². The Morgan fingerprint density at radius 3 is 2.61 bits per heavy atom. The van der Waals surface area contributed by atoms with E-state index in [1.807, 2.05) is 6.92 Å². The highest BCUT2D eigenvalue weighted by molar-refractivity contribution is 5.95. The lowest BCUT2D eigenvalue weighted by molar-refractivity contribution is 0.0955. The maximum absolute atomic E-state index is 11.8. The molecule has 18 heavy (non-hydrogen) atoms. The first-order valence-electron chi connectivity index (χ1n) is 5.81. The van der Waals surface area contributed by atoms with Crippen molar-refractivity contribution in [3.63, 3.8) is 0 Å². The van der Waals surface area contributed by atoms with Gasteiger partial charge in [0, 0.05) is 17.7 Å². The molecule has 1 amide bonds. The summed E-state index contributed by atoms with van der Waals surface area (Å²) in [5.74, 6) is 1.08. The summed E-state index contributed by atoms with van der Waals surface area (Å²) in [7, 11) is 3.13. The minimum absolute atomic E-state index is 0.122. The van der Waals surface area contributed by atoms with E-state index in [2.05, 4.69) is 11.9 Å². The molecule has 0 aliphatic heterocycles. The van der Waals surface area contributed by atoms with Gasteiger partial charge in [0.2, 0.25) is 0 Å². The normalized spacial score (nSPS) is 9.72. The summed E-state index contributed by atoms with van der Waals surface area (Å²) < 4.78 is 10.6. The Morgan fingerprint density at radius 2 is 2.11 bits per heavy atom. The van der Waals surface area contributed by atoms with Crippen LogP contribution in [0.4, 0.5) is 0 Å². The van der Waals surface area contributed by atoms with Crippen LogP contribution < -0.4 is 14.8 Å². The van der Waals surface area contributed by atoms with Crippen molar-refractivity contribution in [2.75, 3.05) is 20.8 Å². The average molecular weight is 249 g/mol. The van der Waals surface area contributed by atoms with Gasteiger partial charge in [0.25, 0.3) is 5.91 Å². The van der Waals surface area contributed by atoms with Gasteiger partial charge in [-0.3, -0.25) is 4.79 Å². The number of carbonyl (C=O) groups excluding carboxylic acids is 1. The van der Waals surface area contributed by atoms with Gasteiger partial charge >= 0.3 is 0 Å². The number of benzene rings is 1. The van der Waals surface area contributed by atoms with Gasteiger partial charge in [0.1, 0.15) is 0 Å². The SMILES string of the molecule is C=CCc1cc(C(=O)NCC)cc(OC)c1OC. The highest BCUT2D eigenvalue weighted by atomic mass is 16.5. The third-order valence-corrected chi connectivity index (χ3v) is 2.52. The Kier molecular flexibility index (Phi) is 5.24. The first kappa shape index (κ1) is 14.1. The second kappa shape index (κ2) is 6.69. The number of allylic oxidation sites excluding steroid dienone is 1. The molecule has 0 spiro atoms. The topological polar surface area (TPSA) is 47.6 Å². The van der Waals surface area contributed by atoms with Gasteiger partial charge < -0.3 is 14.8 Å². The lowest BCUT2D eigenvalue weighted by Crippen LogP contribution is -2.22. The molecular formula is C14H19NO3. The minimum Gasteiger partial charge on any atom is -0.493 e. The molecule has 0 aliphatic carbocycles. The summed E-state index contributed by atoms with van der Waals surface area (Å²) in [4.78, 5) is 11.8. The molecule has 1 rings (SSSR count). The molecule has 0 fully saturated rings. The van der Waals surface area contributed by atoms with E-state index in [1.54, 1.807) is 32.4 Å². The van der Waals surface area contributed by atoms with Crippen molar-refractivity contribution in [2.45, 2.75) is 13.3 Å². The Hall–Kier alpha value is -1.97. The molecule has 0 bridgehead atoms. The largest absolute Gasteiger partial charge is 0.493 e. The molecule has 98 valence electrons. The van der Waals surface area contributed by atoms with E-state index < -0.39 is 0 Å². The molecule has 4 heteroatoms. The fourth-order valence-corrected chi connectivity index (χ4v) is 1.74. The smallest absolute Gasteiger partial charge is 0.251 e. The highest BCUT2D eigenvalue weighted by Crippen LogP contribution is 2.33. The number of hydrogen-bond donors (Lipinski definition) is 1. The third kappa shape index (κ3) is 3.03. The second-order valence-corrected chi connectivity index (χ2v) is 3.72.